The Balaban J connectivity index is 1.47. The highest BCUT2D eigenvalue weighted by atomic mass is 19.1. The van der Waals surface area contributed by atoms with Crippen LogP contribution in [0.25, 0.3) is 16.8 Å². The summed E-state index contributed by atoms with van der Waals surface area (Å²) in [6.07, 6.45) is 6.81. The first-order valence-corrected chi connectivity index (χ1v) is 12.9. The lowest BCUT2D eigenvalue weighted by atomic mass is 9.86. The van der Waals surface area contributed by atoms with Crippen molar-refractivity contribution >= 4 is 22.8 Å². The molecule has 0 unspecified atom stereocenters. The molecule has 2 aromatic heterocycles. The Morgan fingerprint density at radius 2 is 1.92 bits per heavy atom. The van der Waals surface area contributed by atoms with E-state index in [-0.39, 0.29) is 12.6 Å². The molecule has 0 bridgehead atoms. The van der Waals surface area contributed by atoms with Gasteiger partial charge >= 0.3 is 5.97 Å². The number of rotatable bonds is 6. The number of imidazole rings is 1. The van der Waals surface area contributed by atoms with Gasteiger partial charge in [-0.15, -0.1) is 0 Å². The average Bonchev–Trinajstić information content (AvgIpc) is 3.18. The molecule has 37 heavy (non-hydrogen) atoms. The SMILES string of the molecule is Cc1ccccc1C1=C(c2ccn3cc(CN4CC(CF)C4)nc3c2)c2ccc(C(=O)O)cc2CCC1. The van der Waals surface area contributed by atoms with E-state index in [2.05, 4.69) is 60.6 Å². The number of fused-ring (bicyclic) bond motifs is 2. The maximum atomic E-state index is 12.8. The summed E-state index contributed by atoms with van der Waals surface area (Å²) in [7, 11) is 0. The molecule has 6 heteroatoms. The molecule has 4 aromatic rings. The number of carbonyl (C=O) groups is 1. The molecule has 6 rings (SSSR count). The molecule has 0 amide bonds. The van der Waals surface area contributed by atoms with E-state index < -0.39 is 5.97 Å². The lowest BCUT2D eigenvalue weighted by molar-refractivity contribution is 0.0696. The van der Waals surface area contributed by atoms with E-state index in [1.54, 1.807) is 6.07 Å². The average molecular weight is 496 g/mol. The zero-order valence-electron chi connectivity index (χ0n) is 21.0. The Kier molecular flexibility index (Phi) is 6.13. The standard InChI is InChI=1S/C31H30FN3O2/c1-20-5-2-3-7-26(20)28-8-4-6-22-13-24(31(36)37)9-10-27(22)30(28)23-11-12-35-19-25(33-29(35)14-23)18-34-16-21(15-32)17-34/h2-3,5,7,9-14,19,21H,4,6,8,15-18H2,1H3,(H,36,37). The van der Waals surface area contributed by atoms with Crippen LogP contribution in [0.2, 0.25) is 0 Å². The quantitative estimate of drug-likeness (QED) is 0.354. The van der Waals surface area contributed by atoms with Crippen LogP contribution in [0.3, 0.4) is 0 Å². The fourth-order valence-electron chi connectivity index (χ4n) is 5.83. The number of alkyl halides is 1. The smallest absolute Gasteiger partial charge is 0.335 e. The van der Waals surface area contributed by atoms with E-state index >= 15 is 0 Å². The van der Waals surface area contributed by atoms with Gasteiger partial charge in [-0.2, -0.15) is 0 Å². The van der Waals surface area contributed by atoms with Crippen LogP contribution >= 0.6 is 0 Å². The van der Waals surface area contributed by atoms with Crippen LogP contribution in [0.4, 0.5) is 4.39 Å². The number of aromatic nitrogens is 2. The number of halogens is 1. The highest BCUT2D eigenvalue weighted by Crippen LogP contribution is 2.41. The maximum Gasteiger partial charge on any atom is 0.335 e. The van der Waals surface area contributed by atoms with Crippen LogP contribution in [0, 0.1) is 12.8 Å². The predicted octanol–water partition coefficient (Wildman–Crippen LogP) is 6.04. The minimum Gasteiger partial charge on any atom is -0.478 e. The monoisotopic (exact) mass is 495 g/mol. The van der Waals surface area contributed by atoms with E-state index in [0.29, 0.717) is 5.56 Å². The lowest BCUT2D eigenvalue weighted by Crippen LogP contribution is -2.46. The number of carboxylic acids is 1. The van der Waals surface area contributed by atoms with Crippen molar-refractivity contribution in [2.45, 2.75) is 32.7 Å². The second kappa shape index (κ2) is 9.60. The molecule has 1 aliphatic heterocycles. The number of pyridine rings is 1. The molecule has 0 atom stereocenters. The number of hydrogen-bond donors (Lipinski definition) is 1. The van der Waals surface area contributed by atoms with Gasteiger partial charge in [-0.05, 0) is 89.4 Å². The van der Waals surface area contributed by atoms with Crippen LogP contribution < -0.4 is 0 Å². The third-order valence-corrected chi connectivity index (χ3v) is 7.70. The van der Waals surface area contributed by atoms with Gasteiger partial charge in [0.2, 0.25) is 0 Å². The molecule has 1 saturated heterocycles. The van der Waals surface area contributed by atoms with Crippen molar-refractivity contribution < 1.29 is 14.3 Å². The summed E-state index contributed by atoms with van der Waals surface area (Å²) in [5.41, 5.74) is 10.3. The first-order chi connectivity index (χ1) is 18.0. The van der Waals surface area contributed by atoms with Crippen LogP contribution in [0.5, 0.6) is 0 Å². The normalized spacial score (nSPS) is 16.5. The fourth-order valence-corrected chi connectivity index (χ4v) is 5.83. The fraction of sp³-hybridized carbons (Fsp3) is 0.290. The van der Waals surface area contributed by atoms with Crippen molar-refractivity contribution in [2.75, 3.05) is 19.8 Å². The molecular weight excluding hydrogens is 465 g/mol. The Morgan fingerprint density at radius 1 is 1.08 bits per heavy atom. The zero-order chi connectivity index (χ0) is 25.5. The van der Waals surface area contributed by atoms with Gasteiger partial charge in [0.25, 0.3) is 0 Å². The van der Waals surface area contributed by atoms with Crippen molar-refractivity contribution in [1.29, 1.82) is 0 Å². The zero-order valence-corrected chi connectivity index (χ0v) is 21.0. The van der Waals surface area contributed by atoms with Gasteiger partial charge in [0.15, 0.2) is 0 Å². The number of aromatic carboxylic acids is 1. The molecular formula is C31H30FN3O2. The van der Waals surface area contributed by atoms with Crippen molar-refractivity contribution in [2.24, 2.45) is 5.92 Å². The maximum absolute atomic E-state index is 12.8. The number of hydrogen-bond acceptors (Lipinski definition) is 3. The Bertz CT molecular complexity index is 1530. The van der Waals surface area contributed by atoms with Crippen LogP contribution in [-0.4, -0.2) is 45.1 Å². The van der Waals surface area contributed by atoms with Gasteiger partial charge in [0.05, 0.1) is 17.9 Å². The predicted molar refractivity (Wildman–Crippen MR) is 143 cm³/mol. The molecule has 188 valence electrons. The summed E-state index contributed by atoms with van der Waals surface area (Å²) < 4.78 is 14.9. The summed E-state index contributed by atoms with van der Waals surface area (Å²) in [6.45, 7) is 4.20. The molecule has 1 aliphatic carbocycles. The molecule has 2 aromatic carbocycles. The van der Waals surface area contributed by atoms with Gasteiger partial charge in [-0.1, -0.05) is 30.3 Å². The summed E-state index contributed by atoms with van der Waals surface area (Å²) in [4.78, 5) is 18.8. The Hall–Kier alpha value is -3.77. The Morgan fingerprint density at radius 3 is 2.70 bits per heavy atom. The lowest BCUT2D eigenvalue weighted by Gasteiger charge is -2.37. The number of likely N-dealkylation sites (tertiary alicyclic amines) is 1. The summed E-state index contributed by atoms with van der Waals surface area (Å²) in [5, 5.41) is 9.59. The molecule has 0 radical (unpaired) electrons. The summed E-state index contributed by atoms with van der Waals surface area (Å²) >= 11 is 0. The highest BCUT2D eigenvalue weighted by Gasteiger charge is 2.27. The van der Waals surface area contributed by atoms with E-state index in [0.717, 1.165) is 72.5 Å². The molecule has 1 fully saturated rings. The van der Waals surface area contributed by atoms with Gasteiger partial charge in [-0.3, -0.25) is 9.29 Å². The first kappa shape index (κ1) is 23.6. The molecule has 1 N–H and O–H groups in total. The summed E-state index contributed by atoms with van der Waals surface area (Å²) in [5.74, 6) is -0.740. The highest BCUT2D eigenvalue weighted by molar-refractivity contribution is 6.01. The van der Waals surface area contributed by atoms with E-state index in [4.69, 9.17) is 4.98 Å². The van der Waals surface area contributed by atoms with Gasteiger partial charge < -0.3 is 9.51 Å². The van der Waals surface area contributed by atoms with Gasteiger partial charge in [-0.25, -0.2) is 9.78 Å². The van der Waals surface area contributed by atoms with Crippen LogP contribution in [0.1, 0.15) is 56.7 Å². The second-order valence-electron chi connectivity index (χ2n) is 10.3. The molecule has 0 saturated carbocycles. The molecule has 5 nitrogen and oxygen atoms in total. The number of carboxylic acid groups (broad SMARTS) is 1. The van der Waals surface area contributed by atoms with Crippen molar-refractivity contribution in [3.63, 3.8) is 0 Å². The number of benzene rings is 2. The minimum atomic E-state index is -0.900. The minimum absolute atomic E-state index is 0.160. The van der Waals surface area contributed by atoms with Crippen molar-refractivity contribution in [1.82, 2.24) is 14.3 Å². The largest absolute Gasteiger partial charge is 0.478 e. The third-order valence-electron chi connectivity index (χ3n) is 7.70. The number of allylic oxidation sites excluding steroid dienone is 1. The van der Waals surface area contributed by atoms with Crippen LogP contribution in [-0.2, 0) is 13.0 Å². The van der Waals surface area contributed by atoms with Crippen LogP contribution in [0.15, 0.2) is 67.0 Å². The molecule has 3 heterocycles. The third kappa shape index (κ3) is 4.46. The summed E-state index contributed by atoms with van der Waals surface area (Å²) in [6, 6.07) is 18.3. The van der Waals surface area contributed by atoms with E-state index in [1.807, 2.05) is 16.5 Å². The molecule has 2 aliphatic rings. The second-order valence-corrected chi connectivity index (χ2v) is 10.3. The number of nitrogens with zero attached hydrogens (tertiary/aromatic N) is 3. The first-order valence-electron chi connectivity index (χ1n) is 12.9. The van der Waals surface area contributed by atoms with E-state index in [9.17, 15) is 14.3 Å². The topological polar surface area (TPSA) is 57.8 Å². The van der Waals surface area contributed by atoms with E-state index in [1.165, 1.54) is 16.7 Å². The molecule has 0 spiro atoms. The number of aryl methyl sites for hydroxylation is 2. The van der Waals surface area contributed by atoms with Gasteiger partial charge in [0, 0.05) is 37.9 Å². The van der Waals surface area contributed by atoms with Crippen molar-refractivity contribution in [3.8, 4) is 0 Å². The van der Waals surface area contributed by atoms with Crippen molar-refractivity contribution in [3.05, 3.63) is 106 Å². The Labute approximate surface area is 215 Å². The van der Waals surface area contributed by atoms with Gasteiger partial charge in [0.1, 0.15) is 5.65 Å².